The van der Waals surface area contributed by atoms with Crippen molar-refractivity contribution in [3.05, 3.63) is 40.2 Å². The standard InChI is InChI=1S/C21H22F3N5O4/c1-11-4-2-3-9-29(11)20-27-17-16(19(32)28-20)14(10-15(30)26-17)18(31)25-12-5-7-13(8-6-12)33-21(22,23)24/h5-8,11,14H,2-4,9-10H2,1H3,(H,25,31)(H2,26,27,28,30,32). The molecule has 0 aliphatic carbocycles. The molecule has 33 heavy (non-hydrogen) atoms. The first kappa shape index (κ1) is 22.6. The molecule has 2 aliphatic heterocycles. The highest BCUT2D eigenvalue weighted by atomic mass is 19.4. The molecule has 0 radical (unpaired) electrons. The Kier molecular flexibility index (Phi) is 6.00. The number of alkyl halides is 3. The Balaban J connectivity index is 1.56. The van der Waals surface area contributed by atoms with E-state index in [1.165, 1.54) is 12.1 Å². The average Bonchev–Trinajstić information content (AvgIpc) is 2.73. The average molecular weight is 465 g/mol. The van der Waals surface area contributed by atoms with Gasteiger partial charge >= 0.3 is 6.36 Å². The van der Waals surface area contributed by atoms with Crippen molar-refractivity contribution in [3.63, 3.8) is 0 Å². The number of H-pyrrole nitrogens is 1. The predicted molar refractivity (Wildman–Crippen MR) is 113 cm³/mol. The molecule has 4 rings (SSSR count). The van der Waals surface area contributed by atoms with Crippen molar-refractivity contribution in [3.8, 4) is 5.75 Å². The highest BCUT2D eigenvalue weighted by Crippen LogP contribution is 2.32. The van der Waals surface area contributed by atoms with E-state index in [2.05, 4.69) is 25.3 Å². The maximum atomic E-state index is 12.9. The number of benzene rings is 1. The van der Waals surface area contributed by atoms with Gasteiger partial charge in [0.2, 0.25) is 17.8 Å². The van der Waals surface area contributed by atoms with Crippen molar-refractivity contribution in [2.75, 3.05) is 22.1 Å². The lowest BCUT2D eigenvalue weighted by Crippen LogP contribution is -2.41. The summed E-state index contributed by atoms with van der Waals surface area (Å²) in [4.78, 5) is 47.2. The molecule has 176 valence electrons. The molecule has 2 aliphatic rings. The number of anilines is 3. The smallest absolute Gasteiger partial charge is 0.406 e. The molecule has 1 fully saturated rings. The number of rotatable bonds is 4. The topological polar surface area (TPSA) is 116 Å². The Morgan fingerprint density at radius 3 is 2.61 bits per heavy atom. The number of hydrogen-bond donors (Lipinski definition) is 3. The summed E-state index contributed by atoms with van der Waals surface area (Å²) in [5.74, 6) is -2.29. The minimum absolute atomic E-state index is 0.0387. The molecule has 1 saturated heterocycles. The normalized spacial score (nSPS) is 20.6. The van der Waals surface area contributed by atoms with Crippen molar-refractivity contribution in [1.29, 1.82) is 0 Å². The largest absolute Gasteiger partial charge is 0.573 e. The number of aromatic amines is 1. The fourth-order valence-corrected chi connectivity index (χ4v) is 4.10. The summed E-state index contributed by atoms with van der Waals surface area (Å²) >= 11 is 0. The lowest BCUT2D eigenvalue weighted by Gasteiger charge is -2.34. The highest BCUT2D eigenvalue weighted by Gasteiger charge is 2.36. The molecule has 0 bridgehead atoms. The number of nitrogens with zero attached hydrogens (tertiary/aromatic N) is 2. The molecule has 1 aromatic carbocycles. The van der Waals surface area contributed by atoms with E-state index in [0.29, 0.717) is 5.95 Å². The number of carbonyl (C=O) groups is 2. The fourth-order valence-electron chi connectivity index (χ4n) is 4.10. The van der Waals surface area contributed by atoms with Crippen LogP contribution in [-0.2, 0) is 9.59 Å². The summed E-state index contributed by atoms with van der Waals surface area (Å²) in [5.41, 5.74) is -0.301. The maximum absolute atomic E-state index is 12.9. The van der Waals surface area contributed by atoms with Gasteiger partial charge in [-0.05, 0) is 50.5 Å². The van der Waals surface area contributed by atoms with Gasteiger partial charge in [0, 0.05) is 24.7 Å². The molecular formula is C21H22F3N5O4. The molecule has 0 saturated carbocycles. The van der Waals surface area contributed by atoms with Crippen LogP contribution in [0.25, 0.3) is 0 Å². The first-order valence-electron chi connectivity index (χ1n) is 10.5. The van der Waals surface area contributed by atoms with Gasteiger partial charge in [0.1, 0.15) is 11.6 Å². The monoisotopic (exact) mass is 465 g/mol. The number of fused-ring (bicyclic) bond motifs is 1. The SMILES string of the molecule is CC1CCCCN1c1nc2c(c(=O)[nH]1)C(C(=O)Nc1ccc(OC(F)(F)F)cc1)CC(=O)N2. The first-order chi connectivity index (χ1) is 15.6. The zero-order chi connectivity index (χ0) is 23.8. The van der Waals surface area contributed by atoms with Gasteiger partial charge in [-0.25, -0.2) is 0 Å². The van der Waals surface area contributed by atoms with Crippen LogP contribution in [0.15, 0.2) is 29.1 Å². The number of piperidine rings is 1. The number of carbonyl (C=O) groups excluding carboxylic acids is 2. The van der Waals surface area contributed by atoms with Gasteiger partial charge in [-0.2, -0.15) is 4.98 Å². The van der Waals surface area contributed by atoms with E-state index in [1.54, 1.807) is 0 Å². The van der Waals surface area contributed by atoms with E-state index in [9.17, 15) is 27.6 Å². The molecule has 2 aromatic rings. The van der Waals surface area contributed by atoms with Crippen molar-refractivity contribution in [2.45, 2.75) is 50.9 Å². The van der Waals surface area contributed by atoms with E-state index in [0.717, 1.165) is 37.9 Å². The van der Waals surface area contributed by atoms with Gasteiger partial charge in [-0.15, -0.1) is 13.2 Å². The summed E-state index contributed by atoms with van der Waals surface area (Å²) in [6, 6.07) is 4.72. The van der Waals surface area contributed by atoms with Crippen molar-refractivity contribution in [1.82, 2.24) is 9.97 Å². The van der Waals surface area contributed by atoms with Crippen molar-refractivity contribution in [2.24, 2.45) is 0 Å². The van der Waals surface area contributed by atoms with Crippen LogP contribution < -0.4 is 25.8 Å². The number of hydrogen-bond acceptors (Lipinski definition) is 6. The number of nitrogens with one attached hydrogen (secondary N) is 3. The van der Waals surface area contributed by atoms with Crippen LogP contribution >= 0.6 is 0 Å². The minimum atomic E-state index is -4.83. The van der Waals surface area contributed by atoms with E-state index in [4.69, 9.17) is 0 Å². The van der Waals surface area contributed by atoms with Gasteiger partial charge in [0.25, 0.3) is 5.56 Å². The third-order valence-corrected chi connectivity index (χ3v) is 5.69. The van der Waals surface area contributed by atoms with Crippen LogP contribution in [0.5, 0.6) is 5.75 Å². The molecular weight excluding hydrogens is 443 g/mol. The van der Waals surface area contributed by atoms with Crippen LogP contribution in [0.1, 0.15) is 44.1 Å². The minimum Gasteiger partial charge on any atom is -0.406 e. The second kappa shape index (κ2) is 8.75. The molecule has 0 spiro atoms. The third kappa shape index (κ3) is 5.10. The number of halogens is 3. The van der Waals surface area contributed by atoms with Gasteiger partial charge in [0.15, 0.2) is 0 Å². The lowest BCUT2D eigenvalue weighted by molar-refractivity contribution is -0.274. The Morgan fingerprint density at radius 2 is 1.94 bits per heavy atom. The van der Waals surface area contributed by atoms with Crippen LogP contribution in [0.4, 0.5) is 30.6 Å². The zero-order valence-electron chi connectivity index (χ0n) is 17.7. The van der Waals surface area contributed by atoms with Crippen LogP contribution in [0.3, 0.4) is 0 Å². The summed E-state index contributed by atoms with van der Waals surface area (Å²) in [6.07, 6.45) is -2.11. The quantitative estimate of drug-likeness (QED) is 0.639. The molecule has 9 nitrogen and oxygen atoms in total. The molecule has 1 aromatic heterocycles. The second-order valence-electron chi connectivity index (χ2n) is 8.06. The maximum Gasteiger partial charge on any atom is 0.573 e. The fraction of sp³-hybridized carbons (Fsp3) is 0.429. The van der Waals surface area contributed by atoms with Crippen molar-refractivity contribution >= 4 is 29.3 Å². The number of amides is 2. The predicted octanol–water partition coefficient (Wildman–Crippen LogP) is 3.11. The first-order valence-corrected chi connectivity index (χ1v) is 10.5. The Hall–Kier alpha value is -3.57. The summed E-state index contributed by atoms with van der Waals surface area (Å²) in [5, 5.41) is 5.10. The van der Waals surface area contributed by atoms with Crippen LogP contribution in [0, 0.1) is 0 Å². The summed E-state index contributed by atoms with van der Waals surface area (Å²) < 4.78 is 40.7. The van der Waals surface area contributed by atoms with E-state index in [-0.39, 0.29) is 29.5 Å². The summed E-state index contributed by atoms with van der Waals surface area (Å²) in [7, 11) is 0. The summed E-state index contributed by atoms with van der Waals surface area (Å²) in [6.45, 7) is 2.74. The van der Waals surface area contributed by atoms with E-state index >= 15 is 0 Å². The molecule has 2 amide bonds. The molecule has 3 heterocycles. The van der Waals surface area contributed by atoms with Crippen molar-refractivity contribution < 1.29 is 27.5 Å². The van der Waals surface area contributed by atoms with Gasteiger partial charge in [-0.1, -0.05) is 0 Å². The van der Waals surface area contributed by atoms with Crippen LogP contribution in [-0.4, -0.2) is 40.7 Å². The Morgan fingerprint density at radius 1 is 1.21 bits per heavy atom. The van der Waals surface area contributed by atoms with E-state index in [1.807, 2.05) is 11.8 Å². The van der Waals surface area contributed by atoms with Crippen LogP contribution in [0.2, 0.25) is 0 Å². The Labute approximate surface area is 186 Å². The molecule has 3 N–H and O–H groups in total. The van der Waals surface area contributed by atoms with Gasteiger partial charge < -0.3 is 20.3 Å². The zero-order valence-corrected chi connectivity index (χ0v) is 17.7. The highest BCUT2D eigenvalue weighted by molar-refractivity contribution is 6.04. The lowest BCUT2D eigenvalue weighted by atomic mass is 9.92. The van der Waals surface area contributed by atoms with Gasteiger partial charge in [-0.3, -0.25) is 19.4 Å². The third-order valence-electron chi connectivity index (χ3n) is 5.69. The second-order valence-corrected chi connectivity index (χ2v) is 8.06. The number of ether oxygens (including phenoxy) is 1. The number of aromatic nitrogens is 2. The van der Waals surface area contributed by atoms with E-state index < -0.39 is 35.4 Å². The molecule has 2 unspecified atom stereocenters. The van der Waals surface area contributed by atoms with Gasteiger partial charge in [0.05, 0.1) is 11.5 Å². The Bertz CT molecular complexity index is 1120. The molecule has 2 atom stereocenters. The molecule has 12 heteroatoms.